The van der Waals surface area contributed by atoms with E-state index in [2.05, 4.69) is 15.5 Å². The van der Waals surface area contributed by atoms with Crippen molar-refractivity contribution in [2.24, 2.45) is 0 Å². The average Bonchev–Trinajstić information content (AvgIpc) is 3.71. The topological polar surface area (TPSA) is 77.6 Å². The first-order valence-corrected chi connectivity index (χ1v) is 15.4. The largest absolute Gasteiger partial charge is 0.416 e. The monoisotopic (exact) mass is 615 g/mol. The van der Waals surface area contributed by atoms with E-state index < -0.39 is 11.7 Å². The van der Waals surface area contributed by atoms with Crippen molar-refractivity contribution in [1.82, 2.24) is 14.8 Å². The van der Waals surface area contributed by atoms with Gasteiger partial charge >= 0.3 is 6.18 Å². The van der Waals surface area contributed by atoms with Crippen LogP contribution in [0.2, 0.25) is 0 Å². The van der Waals surface area contributed by atoms with Gasteiger partial charge in [0.05, 0.1) is 16.6 Å². The van der Waals surface area contributed by atoms with Gasteiger partial charge in [0.2, 0.25) is 5.91 Å². The highest BCUT2D eigenvalue weighted by molar-refractivity contribution is 6.08. The zero-order valence-corrected chi connectivity index (χ0v) is 25.2. The van der Waals surface area contributed by atoms with Crippen molar-refractivity contribution >= 4 is 34.2 Å². The number of amides is 2. The van der Waals surface area contributed by atoms with Gasteiger partial charge in [-0.1, -0.05) is 30.3 Å². The van der Waals surface area contributed by atoms with E-state index >= 15 is 0 Å². The molecular weight excluding hydrogens is 579 g/mol. The number of pyridine rings is 1. The van der Waals surface area contributed by atoms with Crippen LogP contribution in [0, 0.1) is 0 Å². The molecule has 234 valence electrons. The summed E-state index contributed by atoms with van der Waals surface area (Å²) in [6.07, 6.45) is -0.0997. The van der Waals surface area contributed by atoms with Gasteiger partial charge in [-0.15, -0.1) is 0 Å². The molecule has 2 saturated heterocycles. The summed E-state index contributed by atoms with van der Waals surface area (Å²) in [5.41, 5.74) is 3.58. The number of benzene rings is 3. The minimum atomic E-state index is -4.40. The zero-order chi connectivity index (χ0) is 31.6. The number of hydrogen-bond acceptors (Lipinski definition) is 5. The van der Waals surface area contributed by atoms with E-state index in [1.54, 1.807) is 6.07 Å². The van der Waals surface area contributed by atoms with E-state index in [0.717, 1.165) is 55.7 Å². The lowest BCUT2D eigenvalue weighted by Gasteiger charge is -2.29. The van der Waals surface area contributed by atoms with Gasteiger partial charge in [0, 0.05) is 43.7 Å². The number of nitrogens with one attached hydrogen (secondary N) is 2. The number of rotatable bonds is 8. The number of nitrogens with zero attached hydrogens (tertiary/aromatic N) is 3. The summed E-state index contributed by atoms with van der Waals surface area (Å²) in [5, 5.41) is 6.76. The van der Waals surface area contributed by atoms with Crippen LogP contribution in [0.15, 0.2) is 72.8 Å². The van der Waals surface area contributed by atoms with Gasteiger partial charge in [0.15, 0.2) is 0 Å². The van der Waals surface area contributed by atoms with Crippen molar-refractivity contribution < 1.29 is 22.8 Å². The maximum atomic E-state index is 14.3. The number of carbonyl (C=O) groups excluding carboxylic acids is 2. The van der Waals surface area contributed by atoms with E-state index in [-0.39, 0.29) is 24.4 Å². The van der Waals surface area contributed by atoms with Crippen molar-refractivity contribution in [1.29, 1.82) is 0 Å². The van der Waals surface area contributed by atoms with Crippen molar-refractivity contribution in [3.05, 3.63) is 89.5 Å². The summed E-state index contributed by atoms with van der Waals surface area (Å²) in [6, 6.07) is 20.2. The second-order valence-corrected chi connectivity index (χ2v) is 11.9. The third-order valence-electron chi connectivity index (χ3n) is 8.62. The standard InChI is InChI=1S/C35H36F3N5O2/c1-23(44)40-28-7-4-6-25(18-28)26-11-14-32-30(19-26)31(34(45)43-17-5-8-29(43)22-42-15-2-3-16-42)20-33(41-32)39-21-24-9-12-27(13-10-24)35(36,37)38/h4,6-7,9-14,18-20,29H,2-3,5,8,15-17,21-22H2,1H3,(H,39,41)(H,40,44). The highest BCUT2D eigenvalue weighted by Gasteiger charge is 2.33. The molecule has 0 bridgehead atoms. The predicted octanol–water partition coefficient (Wildman–Crippen LogP) is 7.19. The normalized spacial score (nSPS) is 17.2. The van der Waals surface area contributed by atoms with Crippen LogP contribution in [0.3, 0.4) is 0 Å². The third-order valence-corrected chi connectivity index (χ3v) is 8.62. The summed E-state index contributed by atoms with van der Waals surface area (Å²) in [7, 11) is 0. The van der Waals surface area contributed by atoms with Gasteiger partial charge in [0.1, 0.15) is 5.82 Å². The zero-order valence-electron chi connectivity index (χ0n) is 25.2. The molecule has 1 unspecified atom stereocenters. The van der Waals surface area contributed by atoms with Crippen LogP contribution in [0.5, 0.6) is 0 Å². The van der Waals surface area contributed by atoms with Crippen LogP contribution in [0.4, 0.5) is 24.7 Å². The molecule has 0 saturated carbocycles. The molecule has 2 fully saturated rings. The molecule has 2 aliphatic heterocycles. The lowest BCUT2D eigenvalue weighted by atomic mass is 9.99. The Morgan fingerprint density at radius 3 is 2.40 bits per heavy atom. The van der Waals surface area contributed by atoms with E-state index in [1.807, 2.05) is 47.4 Å². The lowest BCUT2D eigenvalue weighted by molar-refractivity contribution is -0.137. The van der Waals surface area contributed by atoms with Gasteiger partial charge in [0.25, 0.3) is 5.91 Å². The number of alkyl halides is 3. The first-order chi connectivity index (χ1) is 21.6. The van der Waals surface area contributed by atoms with Crippen LogP contribution in [-0.2, 0) is 17.5 Å². The minimum absolute atomic E-state index is 0.0502. The van der Waals surface area contributed by atoms with Crippen LogP contribution in [0.1, 0.15) is 54.1 Å². The van der Waals surface area contributed by atoms with Crippen molar-refractivity contribution in [3.63, 3.8) is 0 Å². The van der Waals surface area contributed by atoms with Gasteiger partial charge in [-0.25, -0.2) is 4.98 Å². The summed E-state index contributed by atoms with van der Waals surface area (Å²) in [6.45, 7) is 5.40. The molecule has 10 heteroatoms. The Balaban J connectivity index is 1.34. The molecule has 3 heterocycles. The lowest BCUT2D eigenvalue weighted by Crippen LogP contribution is -2.42. The first-order valence-electron chi connectivity index (χ1n) is 15.4. The van der Waals surface area contributed by atoms with Crippen LogP contribution in [0.25, 0.3) is 22.0 Å². The summed E-state index contributed by atoms with van der Waals surface area (Å²) < 4.78 is 39.1. The molecule has 1 atom stereocenters. The van der Waals surface area contributed by atoms with E-state index in [0.29, 0.717) is 40.1 Å². The fraction of sp³-hybridized carbons (Fsp3) is 0.343. The maximum absolute atomic E-state index is 14.3. The number of carbonyl (C=O) groups is 2. The molecule has 0 aliphatic carbocycles. The predicted molar refractivity (Wildman–Crippen MR) is 170 cm³/mol. The summed E-state index contributed by atoms with van der Waals surface area (Å²) in [4.78, 5) is 35.2. The average molecular weight is 616 g/mol. The molecule has 0 spiro atoms. The Kier molecular flexibility index (Phi) is 8.76. The van der Waals surface area contributed by atoms with Gasteiger partial charge in [-0.05, 0) is 97.9 Å². The molecule has 4 aromatic rings. The van der Waals surface area contributed by atoms with Crippen LogP contribution >= 0.6 is 0 Å². The molecule has 2 amide bonds. The highest BCUT2D eigenvalue weighted by atomic mass is 19.4. The van der Waals surface area contributed by atoms with Gasteiger partial charge < -0.3 is 20.4 Å². The molecule has 3 aromatic carbocycles. The van der Waals surface area contributed by atoms with E-state index in [4.69, 9.17) is 4.98 Å². The second-order valence-electron chi connectivity index (χ2n) is 11.9. The first kappa shape index (κ1) is 30.6. The fourth-order valence-electron chi connectivity index (χ4n) is 6.37. The molecule has 0 radical (unpaired) electrons. The van der Waals surface area contributed by atoms with Crippen LogP contribution < -0.4 is 10.6 Å². The second kappa shape index (κ2) is 12.9. The van der Waals surface area contributed by atoms with Crippen molar-refractivity contribution in [2.75, 3.05) is 36.8 Å². The van der Waals surface area contributed by atoms with E-state index in [1.165, 1.54) is 31.9 Å². The number of aromatic nitrogens is 1. The molecule has 7 nitrogen and oxygen atoms in total. The number of halogens is 3. The Bertz CT molecular complexity index is 1700. The number of likely N-dealkylation sites (tertiary alicyclic amines) is 2. The number of hydrogen-bond donors (Lipinski definition) is 2. The van der Waals surface area contributed by atoms with Crippen LogP contribution in [-0.4, -0.2) is 58.8 Å². The van der Waals surface area contributed by atoms with Gasteiger partial charge in [-0.2, -0.15) is 13.2 Å². The minimum Gasteiger partial charge on any atom is -0.366 e. The molecule has 1 aromatic heterocycles. The van der Waals surface area contributed by atoms with Crippen molar-refractivity contribution in [2.45, 2.75) is 51.4 Å². The molecule has 45 heavy (non-hydrogen) atoms. The van der Waals surface area contributed by atoms with Gasteiger partial charge in [-0.3, -0.25) is 9.59 Å². The molecule has 2 aliphatic rings. The number of anilines is 2. The number of fused-ring (bicyclic) bond motifs is 1. The Morgan fingerprint density at radius 2 is 1.67 bits per heavy atom. The summed E-state index contributed by atoms with van der Waals surface area (Å²) in [5.74, 6) is 0.264. The summed E-state index contributed by atoms with van der Waals surface area (Å²) >= 11 is 0. The van der Waals surface area contributed by atoms with Crippen molar-refractivity contribution in [3.8, 4) is 11.1 Å². The molecular formula is C35H36F3N5O2. The fourth-order valence-corrected chi connectivity index (χ4v) is 6.37. The Morgan fingerprint density at radius 1 is 0.911 bits per heavy atom. The third kappa shape index (κ3) is 7.12. The Hall–Kier alpha value is -4.44. The van der Waals surface area contributed by atoms with E-state index in [9.17, 15) is 22.8 Å². The Labute approximate surface area is 260 Å². The maximum Gasteiger partial charge on any atom is 0.416 e. The highest BCUT2D eigenvalue weighted by Crippen LogP contribution is 2.32. The quantitative estimate of drug-likeness (QED) is 0.219. The molecule has 2 N–H and O–H groups in total. The molecule has 6 rings (SSSR count). The smallest absolute Gasteiger partial charge is 0.366 e. The SMILES string of the molecule is CC(=O)Nc1cccc(-c2ccc3nc(NCc4ccc(C(F)(F)F)cc4)cc(C(=O)N4CCCC4CN4CCCC4)c3c2)c1.